The Balaban J connectivity index is 1.56. The highest BCUT2D eigenvalue weighted by Gasteiger charge is 2.55. The Hall–Kier alpha value is -2.71. The van der Waals surface area contributed by atoms with Gasteiger partial charge in [-0.1, -0.05) is 18.2 Å². The molecule has 0 aliphatic carbocycles. The smallest absolute Gasteiger partial charge is 0.254 e. The Morgan fingerprint density at radius 1 is 1.34 bits per heavy atom. The van der Waals surface area contributed by atoms with Crippen molar-refractivity contribution in [3.05, 3.63) is 46.4 Å². The average Bonchev–Trinajstić information content (AvgIpc) is 3.02. The van der Waals surface area contributed by atoms with Crippen LogP contribution in [-0.4, -0.2) is 60.7 Å². The minimum Gasteiger partial charge on any atom is -0.495 e. The summed E-state index contributed by atoms with van der Waals surface area (Å²) in [6, 6.07) is 3.52. The van der Waals surface area contributed by atoms with E-state index in [1.807, 2.05) is 11.8 Å². The minimum absolute atomic E-state index is 0.0793. The molecule has 8 nitrogen and oxygen atoms in total. The molecule has 0 bridgehead atoms. The van der Waals surface area contributed by atoms with Crippen LogP contribution in [0.25, 0.3) is 0 Å². The molecule has 35 heavy (non-hydrogen) atoms. The molecule has 1 aromatic carbocycles. The molecule has 190 valence electrons. The fourth-order valence-electron chi connectivity index (χ4n) is 5.47. The van der Waals surface area contributed by atoms with Crippen molar-refractivity contribution in [2.24, 2.45) is 0 Å². The number of aliphatic hydroxyl groups is 1. The van der Waals surface area contributed by atoms with E-state index in [0.29, 0.717) is 48.2 Å². The highest BCUT2D eigenvalue weighted by atomic mass is 35.5. The summed E-state index contributed by atoms with van der Waals surface area (Å²) in [7, 11) is 1.57. The van der Waals surface area contributed by atoms with E-state index in [0.717, 1.165) is 36.2 Å². The standard InChI is InChI=1S/C26H35ClN4O4/c1-16-18(7-6-12-28-16)23(32)29-17(2)30-13-10-26(11-14-30)21-19(27)8-9-20(35-5)22(21)31(24(26)33)15-25(3,4)34/h8-9,28,34H,2,6-7,10-15H2,1,3-5H3,(H,29,32). The Kier molecular flexibility index (Phi) is 6.81. The van der Waals surface area contributed by atoms with Crippen LogP contribution >= 0.6 is 11.6 Å². The zero-order valence-corrected chi connectivity index (χ0v) is 21.7. The molecule has 0 atom stereocenters. The minimum atomic E-state index is -1.09. The number of rotatable bonds is 6. The van der Waals surface area contributed by atoms with Crippen molar-refractivity contribution in [2.45, 2.75) is 57.5 Å². The number of allylic oxidation sites excluding steroid dienone is 1. The number of piperidine rings is 1. The van der Waals surface area contributed by atoms with Gasteiger partial charge in [0, 0.05) is 41.5 Å². The van der Waals surface area contributed by atoms with Gasteiger partial charge in [-0.2, -0.15) is 0 Å². The summed E-state index contributed by atoms with van der Waals surface area (Å²) in [5.74, 6) is 0.880. The highest BCUT2D eigenvalue weighted by molar-refractivity contribution is 6.33. The van der Waals surface area contributed by atoms with E-state index in [4.69, 9.17) is 16.3 Å². The first-order chi connectivity index (χ1) is 16.5. The van der Waals surface area contributed by atoms with Crippen molar-refractivity contribution in [1.29, 1.82) is 0 Å². The van der Waals surface area contributed by atoms with E-state index in [-0.39, 0.29) is 18.4 Å². The summed E-state index contributed by atoms with van der Waals surface area (Å²) in [6.45, 7) is 11.4. The number of methoxy groups -OCH3 is 1. The number of nitrogens with one attached hydrogen (secondary N) is 2. The molecule has 3 N–H and O–H groups in total. The summed E-state index contributed by atoms with van der Waals surface area (Å²) in [5.41, 5.74) is 1.15. The lowest BCUT2D eigenvalue weighted by Gasteiger charge is -2.40. The molecule has 0 saturated carbocycles. The van der Waals surface area contributed by atoms with Gasteiger partial charge in [0.1, 0.15) is 11.6 Å². The maximum absolute atomic E-state index is 13.9. The second kappa shape index (κ2) is 9.39. The first-order valence-corrected chi connectivity index (χ1v) is 12.5. The number of amides is 2. The number of carbonyl (C=O) groups excluding carboxylic acids is 2. The summed E-state index contributed by atoms with van der Waals surface area (Å²) >= 11 is 6.69. The molecule has 3 aliphatic heterocycles. The highest BCUT2D eigenvalue weighted by Crippen LogP contribution is 2.54. The van der Waals surface area contributed by atoms with Gasteiger partial charge in [0.15, 0.2) is 0 Å². The van der Waals surface area contributed by atoms with Gasteiger partial charge in [0.2, 0.25) is 5.91 Å². The average molecular weight is 503 g/mol. The van der Waals surface area contributed by atoms with Crippen LogP contribution in [0.3, 0.4) is 0 Å². The summed E-state index contributed by atoms with van der Waals surface area (Å²) in [4.78, 5) is 30.3. The Labute approximate surface area is 211 Å². The molecule has 2 amide bonds. The second-order valence-electron chi connectivity index (χ2n) is 10.3. The molecule has 0 radical (unpaired) electrons. The summed E-state index contributed by atoms with van der Waals surface area (Å²) < 4.78 is 5.59. The predicted octanol–water partition coefficient (Wildman–Crippen LogP) is 3.04. The van der Waals surface area contributed by atoms with Gasteiger partial charge in [-0.3, -0.25) is 9.59 Å². The second-order valence-corrected chi connectivity index (χ2v) is 10.7. The van der Waals surface area contributed by atoms with Crippen LogP contribution in [0.2, 0.25) is 5.02 Å². The van der Waals surface area contributed by atoms with Crippen molar-refractivity contribution in [3.8, 4) is 5.75 Å². The van der Waals surface area contributed by atoms with Gasteiger partial charge in [0.05, 0.1) is 30.4 Å². The van der Waals surface area contributed by atoms with E-state index < -0.39 is 11.0 Å². The lowest BCUT2D eigenvalue weighted by atomic mass is 9.73. The largest absolute Gasteiger partial charge is 0.495 e. The SMILES string of the molecule is C=C(NC(=O)C1=C(C)NCCC1)N1CCC2(CC1)C(=O)N(CC(C)(C)O)c1c(OC)ccc(Cl)c12. The number of carbonyl (C=O) groups is 2. The number of β-amino-alcohol motifs (C(OH)–C–C–N with tert-alkyl or cyclic N) is 1. The van der Waals surface area contributed by atoms with Crippen molar-refractivity contribution in [2.75, 3.05) is 38.2 Å². The van der Waals surface area contributed by atoms with E-state index >= 15 is 0 Å². The summed E-state index contributed by atoms with van der Waals surface area (Å²) in [6.07, 6.45) is 2.67. The molecule has 1 spiro atoms. The normalized spacial score (nSPS) is 19.5. The number of halogens is 1. The quantitative estimate of drug-likeness (QED) is 0.553. The van der Waals surface area contributed by atoms with E-state index in [9.17, 15) is 14.7 Å². The number of nitrogens with zero attached hydrogens (tertiary/aromatic N) is 2. The fraction of sp³-hybridized carbons (Fsp3) is 0.538. The zero-order chi connectivity index (χ0) is 25.5. The van der Waals surface area contributed by atoms with Crippen LogP contribution in [0.5, 0.6) is 5.75 Å². The lowest BCUT2D eigenvalue weighted by molar-refractivity contribution is -0.125. The number of likely N-dealkylation sites (tertiary alicyclic amines) is 1. The Morgan fingerprint density at radius 3 is 2.63 bits per heavy atom. The molecular weight excluding hydrogens is 468 g/mol. The molecule has 0 unspecified atom stereocenters. The topological polar surface area (TPSA) is 94.1 Å². The Bertz CT molecular complexity index is 1080. The van der Waals surface area contributed by atoms with Gasteiger partial charge in [0.25, 0.3) is 5.91 Å². The molecule has 4 rings (SSSR count). The van der Waals surface area contributed by atoms with Crippen molar-refractivity contribution in [1.82, 2.24) is 15.5 Å². The molecule has 1 fully saturated rings. The van der Waals surface area contributed by atoms with E-state index in [1.54, 1.807) is 38.0 Å². The first-order valence-electron chi connectivity index (χ1n) is 12.1. The van der Waals surface area contributed by atoms with Gasteiger partial charge < -0.3 is 30.3 Å². The number of benzene rings is 1. The van der Waals surface area contributed by atoms with Crippen LogP contribution in [0.15, 0.2) is 35.8 Å². The van der Waals surface area contributed by atoms with Crippen molar-refractivity contribution in [3.63, 3.8) is 0 Å². The van der Waals surface area contributed by atoms with Crippen LogP contribution in [-0.2, 0) is 15.0 Å². The van der Waals surface area contributed by atoms with Gasteiger partial charge >= 0.3 is 0 Å². The number of anilines is 1. The number of ether oxygens (including phenoxy) is 1. The monoisotopic (exact) mass is 502 g/mol. The molecule has 0 aromatic heterocycles. The molecule has 3 heterocycles. The molecular formula is C26H35ClN4O4. The maximum atomic E-state index is 13.9. The molecule has 9 heteroatoms. The van der Waals surface area contributed by atoms with Crippen LogP contribution in [0.1, 0.15) is 52.0 Å². The molecule has 1 aromatic rings. The third-order valence-corrected chi connectivity index (χ3v) is 7.55. The number of fused-ring (bicyclic) bond motifs is 2. The van der Waals surface area contributed by atoms with Gasteiger partial charge in [-0.15, -0.1) is 0 Å². The van der Waals surface area contributed by atoms with Gasteiger partial charge in [-0.05, 0) is 58.6 Å². The summed E-state index contributed by atoms with van der Waals surface area (Å²) in [5, 5.41) is 17.2. The van der Waals surface area contributed by atoms with Crippen molar-refractivity contribution < 1.29 is 19.4 Å². The third kappa shape index (κ3) is 4.61. The fourth-order valence-corrected chi connectivity index (χ4v) is 5.80. The van der Waals surface area contributed by atoms with Crippen molar-refractivity contribution >= 4 is 29.1 Å². The van der Waals surface area contributed by atoms with Crippen LogP contribution < -0.4 is 20.3 Å². The van der Waals surface area contributed by atoms with Crippen LogP contribution in [0, 0.1) is 0 Å². The molecule has 1 saturated heterocycles. The number of hydrogen-bond acceptors (Lipinski definition) is 6. The number of hydrogen-bond donors (Lipinski definition) is 3. The predicted molar refractivity (Wildman–Crippen MR) is 136 cm³/mol. The third-order valence-electron chi connectivity index (χ3n) is 7.24. The first kappa shape index (κ1) is 25.4. The van der Waals surface area contributed by atoms with E-state index in [2.05, 4.69) is 17.2 Å². The zero-order valence-electron chi connectivity index (χ0n) is 21.0. The lowest BCUT2D eigenvalue weighted by Crippen LogP contribution is -2.51. The van der Waals surface area contributed by atoms with E-state index in [1.165, 1.54) is 0 Å². The molecule has 3 aliphatic rings. The van der Waals surface area contributed by atoms with Gasteiger partial charge in [-0.25, -0.2) is 0 Å². The Morgan fingerprint density at radius 2 is 2.03 bits per heavy atom. The van der Waals surface area contributed by atoms with Crippen LogP contribution in [0.4, 0.5) is 5.69 Å². The maximum Gasteiger partial charge on any atom is 0.254 e.